The number of carboxylic acid groups (broad SMARTS) is 1. The maximum atomic E-state index is 12.0. The molecule has 1 aromatic carbocycles. The second-order valence-corrected chi connectivity index (χ2v) is 5.80. The van der Waals surface area contributed by atoms with E-state index in [1.165, 1.54) is 24.4 Å². The lowest BCUT2D eigenvalue weighted by atomic mass is 10.1. The van der Waals surface area contributed by atoms with Gasteiger partial charge >= 0.3 is 5.97 Å². The normalized spacial score (nSPS) is 11.2. The largest absolute Gasteiger partial charge is 0.481 e. The molecule has 20 heavy (non-hydrogen) atoms. The van der Waals surface area contributed by atoms with E-state index >= 15 is 0 Å². The van der Waals surface area contributed by atoms with Crippen LogP contribution in [-0.4, -0.2) is 29.7 Å². The van der Waals surface area contributed by atoms with Crippen LogP contribution in [0.1, 0.15) is 12.0 Å². The minimum atomic E-state index is -3.67. The van der Waals surface area contributed by atoms with Gasteiger partial charge in [0.05, 0.1) is 11.1 Å². The summed E-state index contributed by atoms with van der Waals surface area (Å²) < 4.78 is 26.4. The molecule has 2 rings (SSSR count). The highest BCUT2D eigenvalue weighted by atomic mass is 32.2. The van der Waals surface area contributed by atoms with Crippen LogP contribution in [0.2, 0.25) is 0 Å². The topological polar surface area (TPSA) is 112 Å². The zero-order valence-corrected chi connectivity index (χ0v) is 11.2. The van der Waals surface area contributed by atoms with Crippen molar-refractivity contribution in [3.05, 3.63) is 42.1 Å². The molecule has 7 nitrogen and oxygen atoms in total. The first-order chi connectivity index (χ1) is 9.47. The number of hydrogen-bond donors (Lipinski definition) is 3. The third-order valence-electron chi connectivity index (χ3n) is 2.61. The quantitative estimate of drug-likeness (QED) is 0.742. The third kappa shape index (κ3) is 3.58. The molecule has 1 heterocycles. The number of aryl methyl sites for hydroxylation is 1. The van der Waals surface area contributed by atoms with Gasteiger partial charge in [0.25, 0.3) is 10.0 Å². The number of aromatic amines is 1. The molecule has 0 aliphatic carbocycles. The fourth-order valence-corrected chi connectivity index (χ4v) is 2.62. The number of carboxylic acids is 1. The highest BCUT2D eigenvalue weighted by molar-refractivity contribution is 7.92. The number of carbonyl (C=O) groups is 1. The van der Waals surface area contributed by atoms with Crippen molar-refractivity contribution in [3.8, 4) is 0 Å². The van der Waals surface area contributed by atoms with E-state index in [1.807, 2.05) is 0 Å². The molecule has 0 bridgehead atoms. The highest BCUT2D eigenvalue weighted by Gasteiger charge is 2.14. The fraction of sp³-hybridized carbons (Fsp3) is 0.167. The van der Waals surface area contributed by atoms with E-state index in [0.29, 0.717) is 6.42 Å². The molecule has 0 amide bonds. The number of aromatic nitrogens is 2. The monoisotopic (exact) mass is 295 g/mol. The van der Waals surface area contributed by atoms with Gasteiger partial charge in [0.15, 0.2) is 0 Å². The van der Waals surface area contributed by atoms with E-state index in [9.17, 15) is 13.2 Å². The summed E-state index contributed by atoms with van der Waals surface area (Å²) in [4.78, 5) is 10.6. The Morgan fingerprint density at radius 3 is 2.50 bits per heavy atom. The van der Waals surface area contributed by atoms with E-state index in [2.05, 4.69) is 14.9 Å². The van der Waals surface area contributed by atoms with Gasteiger partial charge in [-0.15, -0.1) is 0 Å². The summed E-state index contributed by atoms with van der Waals surface area (Å²) in [5, 5.41) is 14.7. The Kier molecular flexibility index (Phi) is 4.04. The molecule has 0 aliphatic rings. The molecular formula is C12H13N3O4S. The Morgan fingerprint density at radius 1 is 1.25 bits per heavy atom. The first kappa shape index (κ1) is 14.1. The Bertz CT molecular complexity index is 678. The van der Waals surface area contributed by atoms with Crippen LogP contribution in [0.3, 0.4) is 0 Å². The van der Waals surface area contributed by atoms with E-state index in [1.54, 1.807) is 12.1 Å². The average Bonchev–Trinajstić information content (AvgIpc) is 2.89. The number of rotatable bonds is 6. The van der Waals surface area contributed by atoms with Crippen LogP contribution in [0.5, 0.6) is 0 Å². The van der Waals surface area contributed by atoms with Crippen molar-refractivity contribution in [1.82, 2.24) is 10.2 Å². The van der Waals surface area contributed by atoms with Gasteiger partial charge in [-0.1, -0.05) is 12.1 Å². The number of sulfonamides is 1. The average molecular weight is 295 g/mol. The Morgan fingerprint density at radius 2 is 1.95 bits per heavy atom. The number of nitrogens with one attached hydrogen (secondary N) is 2. The molecule has 106 valence electrons. The Hall–Kier alpha value is -2.35. The molecule has 0 saturated heterocycles. The number of hydrogen-bond acceptors (Lipinski definition) is 4. The molecule has 8 heteroatoms. The van der Waals surface area contributed by atoms with Crippen molar-refractivity contribution in [2.45, 2.75) is 17.7 Å². The van der Waals surface area contributed by atoms with E-state index in [4.69, 9.17) is 5.11 Å². The highest BCUT2D eigenvalue weighted by Crippen LogP contribution is 2.15. The molecular weight excluding hydrogens is 282 g/mol. The molecule has 0 saturated carbocycles. The smallest absolute Gasteiger partial charge is 0.303 e. The van der Waals surface area contributed by atoms with Gasteiger partial charge in [-0.3, -0.25) is 14.6 Å². The Balaban J connectivity index is 2.10. The van der Waals surface area contributed by atoms with Crippen LogP contribution in [0, 0.1) is 0 Å². The van der Waals surface area contributed by atoms with Gasteiger partial charge in [0, 0.05) is 12.5 Å². The fourth-order valence-electron chi connectivity index (χ4n) is 1.60. The zero-order chi connectivity index (χ0) is 14.6. The molecule has 0 aliphatic heterocycles. The van der Waals surface area contributed by atoms with Crippen LogP contribution in [0.15, 0.2) is 41.4 Å². The maximum Gasteiger partial charge on any atom is 0.303 e. The lowest BCUT2D eigenvalue weighted by Gasteiger charge is -2.06. The van der Waals surface area contributed by atoms with Gasteiger partial charge in [-0.25, -0.2) is 8.42 Å². The molecule has 2 aromatic rings. The predicted molar refractivity (Wildman–Crippen MR) is 71.8 cm³/mol. The van der Waals surface area contributed by atoms with Crippen LogP contribution < -0.4 is 4.72 Å². The maximum absolute atomic E-state index is 12.0. The van der Waals surface area contributed by atoms with Gasteiger partial charge in [0.1, 0.15) is 5.82 Å². The summed E-state index contributed by atoms with van der Waals surface area (Å²) >= 11 is 0. The van der Waals surface area contributed by atoms with Gasteiger partial charge in [0.2, 0.25) is 0 Å². The summed E-state index contributed by atoms with van der Waals surface area (Å²) in [5.74, 6) is -0.609. The molecule has 0 unspecified atom stereocenters. The SMILES string of the molecule is O=C(O)CCc1ccc(S(=O)(=O)Nc2ccn[nH]2)cc1. The minimum absolute atomic E-state index is 0.0124. The molecule has 3 N–H and O–H groups in total. The molecule has 0 atom stereocenters. The van der Waals surface area contributed by atoms with E-state index in [-0.39, 0.29) is 17.1 Å². The molecule has 0 fully saturated rings. The zero-order valence-electron chi connectivity index (χ0n) is 10.4. The van der Waals surface area contributed by atoms with E-state index in [0.717, 1.165) is 5.56 Å². The number of nitrogens with zero attached hydrogens (tertiary/aromatic N) is 1. The van der Waals surface area contributed by atoms with Crippen molar-refractivity contribution in [2.75, 3.05) is 4.72 Å². The summed E-state index contributed by atoms with van der Waals surface area (Å²) in [6, 6.07) is 7.58. The van der Waals surface area contributed by atoms with Crippen LogP contribution in [0.25, 0.3) is 0 Å². The van der Waals surface area contributed by atoms with Crippen molar-refractivity contribution < 1.29 is 18.3 Å². The standard InChI is InChI=1S/C12H13N3O4S/c16-12(17)6-3-9-1-4-10(5-2-9)20(18,19)15-11-7-8-13-14-11/h1-2,4-5,7-8H,3,6H2,(H,16,17)(H2,13,14,15). The van der Waals surface area contributed by atoms with Crippen molar-refractivity contribution in [3.63, 3.8) is 0 Å². The lowest BCUT2D eigenvalue weighted by Crippen LogP contribution is -2.13. The minimum Gasteiger partial charge on any atom is -0.481 e. The third-order valence-corrected chi connectivity index (χ3v) is 3.99. The van der Waals surface area contributed by atoms with Crippen molar-refractivity contribution in [2.24, 2.45) is 0 Å². The number of H-pyrrole nitrogens is 1. The van der Waals surface area contributed by atoms with Gasteiger partial charge in [-0.2, -0.15) is 5.10 Å². The molecule has 1 aromatic heterocycles. The van der Waals surface area contributed by atoms with E-state index < -0.39 is 16.0 Å². The van der Waals surface area contributed by atoms with Crippen LogP contribution >= 0.6 is 0 Å². The van der Waals surface area contributed by atoms with Crippen LogP contribution in [0.4, 0.5) is 5.82 Å². The summed E-state index contributed by atoms with van der Waals surface area (Å²) in [6.45, 7) is 0. The first-order valence-corrected chi connectivity index (χ1v) is 7.28. The summed E-state index contributed by atoms with van der Waals surface area (Å²) in [7, 11) is -3.67. The van der Waals surface area contributed by atoms with Gasteiger partial charge in [-0.05, 0) is 24.1 Å². The second-order valence-electron chi connectivity index (χ2n) is 4.11. The first-order valence-electron chi connectivity index (χ1n) is 5.80. The molecule has 0 spiro atoms. The summed E-state index contributed by atoms with van der Waals surface area (Å²) in [5.41, 5.74) is 0.771. The lowest BCUT2D eigenvalue weighted by molar-refractivity contribution is -0.136. The number of anilines is 1. The molecule has 0 radical (unpaired) electrons. The van der Waals surface area contributed by atoms with Gasteiger partial charge < -0.3 is 5.11 Å². The predicted octanol–water partition coefficient (Wildman–Crippen LogP) is 1.23. The van der Waals surface area contributed by atoms with Crippen molar-refractivity contribution >= 4 is 21.8 Å². The number of aliphatic carboxylic acids is 1. The number of benzene rings is 1. The van der Waals surface area contributed by atoms with Crippen molar-refractivity contribution in [1.29, 1.82) is 0 Å². The summed E-state index contributed by atoms with van der Waals surface area (Å²) in [6.07, 6.45) is 1.81. The Labute approximate surface area is 115 Å². The van der Waals surface area contributed by atoms with Crippen LogP contribution in [-0.2, 0) is 21.2 Å². The second kappa shape index (κ2) is 5.74.